The number of rotatable bonds is 1. The molecule has 0 atom stereocenters. The van der Waals surface area contributed by atoms with Crippen LogP contribution in [-0.4, -0.2) is 0 Å². The standard InChI is InChI=1S/C13H7BrFN/c14-12-7-9(8-16)5-6-10(12)11-3-1-2-4-13(11)15/h1-7H. The van der Waals surface area contributed by atoms with Crippen LogP contribution in [0.2, 0.25) is 0 Å². The van der Waals surface area contributed by atoms with Crippen molar-refractivity contribution in [3.05, 3.63) is 58.3 Å². The van der Waals surface area contributed by atoms with Gasteiger partial charge in [-0.1, -0.05) is 40.2 Å². The molecule has 78 valence electrons. The Morgan fingerprint density at radius 2 is 1.81 bits per heavy atom. The van der Waals surface area contributed by atoms with E-state index in [1.165, 1.54) is 6.07 Å². The van der Waals surface area contributed by atoms with Gasteiger partial charge in [0.1, 0.15) is 5.82 Å². The van der Waals surface area contributed by atoms with E-state index in [0.717, 1.165) is 10.0 Å². The molecule has 0 fully saturated rings. The van der Waals surface area contributed by atoms with Gasteiger partial charge in [-0.3, -0.25) is 0 Å². The molecule has 0 radical (unpaired) electrons. The topological polar surface area (TPSA) is 23.8 Å². The summed E-state index contributed by atoms with van der Waals surface area (Å²) in [6, 6.07) is 13.7. The van der Waals surface area contributed by atoms with Crippen molar-refractivity contribution in [3.8, 4) is 17.2 Å². The number of benzene rings is 2. The Balaban J connectivity index is 2.58. The summed E-state index contributed by atoms with van der Waals surface area (Å²) in [6.07, 6.45) is 0. The molecule has 0 amide bonds. The fraction of sp³-hybridized carbons (Fsp3) is 0. The largest absolute Gasteiger partial charge is 0.206 e. The minimum Gasteiger partial charge on any atom is -0.206 e. The summed E-state index contributed by atoms with van der Waals surface area (Å²) >= 11 is 3.34. The van der Waals surface area contributed by atoms with Crippen LogP contribution in [-0.2, 0) is 0 Å². The normalized spacial score (nSPS) is 9.81. The van der Waals surface area contributed by atoms with Gasteiger partial charge >= 0.3 is 0 Å². The van der Waals surface area contributed by atoms with Crippen molar-refractivity contribution < 1.29 is 4.39 Å². The predicted molar refractivity (Wildman–Crippen MR) is 64.3 cm³/mol. The van der Waals surface area contributed by atoms with Crippen LogP contribution >= 0.6 is 15.9 Å². The lowest BCUT2D eigenvalue weighted by Crippen LogP contribution is -1.86. The average molecular weight is 276 g/mol. The summed E-state index contributed by atoms with van der Waals surface area (Å²) in [5, 5.41) is 8.73. The molecule has 0 bridgehead atoms. The first-order chi connectivity index (χ1) is 7.72. The molecule has 16 heavy (non-hydrogen) atoms. The molecule has 0 aliphatic rings. The molecule has 0 aliphatic heterocycles. The first kappa shape index (κ1) is 10.8. The van der Waals surface area contributed by atoms with Crippen molar-refractivity contribution in [1.29, 1.82) is 5.26 Å². The second-order valence-corrected chi connectivity index (χ2v) is 4.14. The van der Waals surface area contributed by atoms with Gasteiger partial charge in [0.2, 0.25) is 0 Å². The summed E-state index contributed by atoms with van der Waals surface area (Å²) in [6.45, 7) is 0. The zero-order valence-electron chi connectivity index (χ0n) is 8.24. The van der Waals surface area contributed by atoms with E-state index in [2.05, 4.69) is 15.9 Å². The highest BCUT2D eigenvalue weighted by Crippen LogP contribution is 2.30. The van der Waals surface area contributed by atoms with Gasteiger partial charge in [-0.05, 0) is 23.8 Å². The van der Waals surface area contributed by atoms with Gasteiger partial charge in [0.25, 0.3) is 0 Å². The maximum absolute atomic E-state index is 13.6. The summed E-state index contributed by atoms with van der Waals surface area (Å²) < 4.78 is 14.3. The van der Waals surface area contributed by atoms with E-state index in [-0.39, 0.29) is 5.82 Å². The molecule has 2 rings (SSSR count). The fourth-order valence-corrected chi connectivity index (χ4v) is 2.08. The van der Waals surface area contributed by atoms with Gasteiger partial charge in [0, 0.05) is 10.0 Å². The lowest BCUT2D eigenvalue weighted by atomic mass is 10.0. The molecule has 3 heteroatoms. The molecule has 0 saturated carbocycles. The minimum absolute atomic E-state index is 0.270. The second kappa shape index (κ2) is 4.46. The molecular weight excluding hydrogens is 269 g/mol. The molecule has 0 aliphatic carbocycles. The average Bonchev–Trinajstić information content (AvgIpc) is 2.30. The molecule has 2 aromatic carbocycles. The van der Waals surface area contributed by atoms with Gasteiger partial charge in [0.15, 0.2) is 0 Å². The third kappa shape index (κ3) is 1.98. The molecule has 0 spiro atoms. The Hall–Kier alpha value is -1.66. The zero-order chi connectivity index (χ0) is 11.5. The van der Waals surface area contributed by atoms with E-state index >= 15 is 0 Å². The van der Waals surface area contributed by atoms with Crippen LogP contribution in [0.5, 0.6) is 0 Å². The Morgan fingerprint density at radius 3 is 2.44 bits per heavy atom. The molecule has 1 nitrogen and oxygen atoms in total. The van der Waals surface area contributed by atoms with Crippen LogP contribution < -0.4 is 0 Å². The Bertz CT molecular complexity index is 572. The van der Waals surface area contributed by atoms with Gasteiger partial charge < -0.3 is 0 Å². The number of halogens is 2. The van der Waals surface area contributed by atoms with Crippen LogP contribution in [0.1, 0.15) is 5.56 Å². The number of nitriles is 1. The highest BCUT2D eigenvalue weighted by molar-refractivity contribution is 9.10. The van der Waals surface area contributed by atoms with E-state index in [4.69, 9.17) is 5.26 Å². The molecular formula is C13H7BrFN. The third-order valence-electron chi connectivity index (χ3n) is 2.26. The first-order valence-corrected chi connectivity index (χ1v) is 5.46. The fourth-order valence-electron chi connectivity index (χ4n) is 1.48. The van der Waals surface area contributed by atoms with Crippen LogP contribution in [0.3, 0.4) is 0 Å². The van der Waals surface area contributed by atoms with Gasteiger partial charge in [0.05, 0.1) is 11.6 Å². The Morgan fingerprint density at radius 1 is 1.06 bits per heavy atom. The molecule has 0 saturated heterocycles. The van der Waals surface area contributed by atoms with Crippen LogP contribution in [0.25, 0.3) is 11.1 Å². The number of hydrogen-bond acceptors (Lipinski definition) is 1. The maximum Gasteiger partial charge on any atom is 0.131 e. The molecule has 0 heterocycles. The van der Waals surface area contributed by atoms with E-state index in [1.807, 2.05) is 6.07 Å². The summed E-state index contributed by atoms with van der Waals surface area (Å²) in [4.78, 5) is 0. The zero-order valence-corrected chi connectivity index (χ0v) is 9.83. The van der Waals surface area contributed by atoms with Gasteiger partial charge in [-0.25, -0.2) is 4.39 Å². The third-order valence-corrected chi connectivity index (χ3v) is 2.92. The summed E-state index contributed by atoms with van der Waals surface area (Å²) in [5.74, 6) is -0.270. The molecule has 0 aromatic heterocycles. The highest BCUT2D eigenvalue weighted by Gasteiger charge is 2.08. The van der Waals surface area contributed by atoms with Crippen molar-refractivity contribution in [2.24, 2.45) is 0 Å². The van der Waals surface area contributed by atoms with Crippen molar-refractivity contribution in [2.75, 3.05) is 0 Å². The van der Waals surface area contributed by atoms with Gasteiger partial charge in [-0.2, -0.15) is 5.26 Å². The van der Waals surface area contributed by atoms with Crippen LogP contribution in [0, 0.1) is 17.1 Å². The van der Waals surface area contributed by atoms with E-state index in [1.54, 1.807) is 36.4 Å². The van der Waals surface area contributed by atoms with E-state index in [0.29, 0.717) is 11.1 Å². The molecule has 0 unspecified atom stereocenters. The molecule has 0 N–H and O–H groups in total. The highest BCUT2D eigenvalue weighted by atomic mass is 79.9. The Labute approximate surface area is 101 Å². The number of nitrogens with zero attached hydrogens (tertiary/aromatic N) is 1. The monoisotopic (exact) mass is 275 g/mol. The van der Waals surface area contributed by atoms with Crippen LogP contribution in [0.15, 0.2) is 46.9 Å². The summed E-state index contributed by atoms with van der Waals surface area (Å²) in [5.41, 5.74) is 1.82. The van der Waals surface area contributed by atoms with Gasteiger partial charge in [-0.15, -0.1) is 0 Å². The van der Waals surface area contributed by atoms with E-state index < -0.39 is 0 Å². The Kier molecular flexibility index (Phi) is 3.02. The lowest BCUT2D eigenvalue weighted by Gasteiger charge is -2.05. The quantitative estimate of drug-likeness (QED) is 0.768. The van der Waals surface area contributed by atoms with Crippen LogP contribution in [0.4, 0.5) is 4.39 Å². The molecule has 2 aromatic rings. The van der Waals surface area contributed by atoms with Crippen molar-refractivity contribution >= 4 is 15.9 Å². The smallest absolute Gasteiger partial charge is 0.131 e. The number of hydrogen-bond donors (Lipinski definition) is 0. The maximum atomic E-state index is 13.6. The van der Waals surface area contributed by atoms with E-state index in [9.17, 15) is 4.39 Å². The first-order valence-electron chi connectivity index (χ1n) is 4.67. The van der Waals surface area contributed by atoms with Crippen molar-refractivity contribution in [2.45, 2.75) is 0 Å². The minimum atomic E-state index is -0.270. The summed E-state index contributed by atoms with van der Waals surface area (Å²) in [7, 11) is 0. The van der Waals surface area contributed by atoms with Crippen molar-refractivity contribution in [3.63, 3.8) is 0 Å². The SMILES string of the molecule is N#Cc1ccc(-c2ccccc2F)c(Br)c1. The second-order valence-electron chi connectivity index (χ2n) is 3.29. The predicted octanol–water partition coefficient (Wildman–Crippen LogP) is 4.13. The van der Waals surface area contributed by atoms with Crippen molar-refractivity contribution in [1.82, 2.24) is 0 Å². The lowest BCUT2D eigenvalue weighted by molar-refractivity contribution is 0.631.